The maximum absolute atomic E-state index is 11.7. The van der Waals surface area contributed by atoms with Crippen molar-refractivity contribution in [1.29, 1.82) is 0 Å². The molecule has 2 rings (SSSR count). The minimum atomic E-state index is 0. The number of aromatic nitrogens is 2. The monoisotopic (exact) mass is 346 g/mol. The van der Waals surface area contributed by atoms with Crippen LogP contribution in [-0.4, -0.2) is 20.5 Å². The van der Waals surface area contributed by atoms with Crippen molar-refractivity contribution in [2.24, 2.45) is 0 Å². The van der Waals surface area contributed by atoms with Gasteiger partial charge in [-0.1, -0.05) is 22.0 Å². The molecule has 16 heavy (non-hydrogen) atoms. The van der Waals surface area contributed by atoms with Crippen molar-refractivity contribution in [2.45, 2.75) is 13.8 Å². The standard InChI is InChI=1S/C11H11BrN2O.BrH/c1-7-3-4-10-13-8(2)11(9(15)5-12)14(10)6-7;/h3-4,6H,5H2,1-2H3;1H. The second kappa shape index (κ2) is 5.10. The summed E-state index contributed by atoms with van der Waals surface area (Å²) in [6.07, 6.45) is 1.94. The lowest BCUT2D eigenvalue weighted by Crippen LogP contribution is -2.06. The summed E-state index contributed by atoms with van der Waals surface area (Å²) in [5.41, 5.74) is 3.39. The Morgan fingerprint density at radius 1 is 1.44 bits per heavy atom. The minimum absolute atomic E-state index is 0. The molecule has 0 aliphatic carbocycles. The molecule has 0 atom stereocenters. The summed E-state index contributed by atoms with van der Waals surface area (Å²) in [7, 11) is 0. The maximum atomic E-state index is 11.7. The topological polar surface area (TPSA) is 34.4 Å². The van der Waals surface area contributed by atoms with Gasteiger partial charge in [0.05, 0.1) is 11.0 Å². The summed E-state index contributed by atoms with van der Waals surface area (Å²) in [5.74, 6) is 0.0607. The Morgan fingerprint density at radius 2 is 2.12 bits per heavy atom. The van der Waals surface area contributed by atoms with Crippen LogP contribution >= 0.6 is 32.9 Å². The van der Waals surface area contributed by atoms with Crippen LogP contribution in [0.25, 0.3) is 5.65 Å². The van der Waals surface area contributed by atoms with E-state index >= 15 is 0 Å². The molecular formula is C11H12Br2N2O. The van der Waals surface area contributed by atoms with E-state index in [4.69, 9.17) is 0 Å². The predicted octanol–water partition coefficient (Wildman–Crippen LogP) is 3.11. The van der Waals surface area contributed by atoms with Gasteiger partial charge in [0.15, 0.2) is 5.78 Å². The molecule has 0 aliphatic heterocycles. The van der Waals surface area contributed by atoms with Crippen molar-refractivity contribution in [3.8, 4) is 0 Å². The third-order valence-electron chi connectivity index (χ3n) is 2.33. The molecule has 0 unspecified atom stereocenters. The lowest BCUT2D eigenvalue weighted by Gasteiger charge is -2.00. The fourth-order valence-electron chi connectivity index (χ4n) is 1.67. The van der Waals surface area contributed by atoms with E-state index in [1.54, 1.807) is 0 Å². The van der Waals surface area contributed by atoms with E-state index < -0.39 is 0 Å². The molecule has 0 saturated carbocycles. The molecule has 0 fully saturated rings. The molecule has 2 aromatic heterocycles. The van der Waals surface area contributed by atoms with Gasteiger partial charge in [0.2, 0.25) is 0 Å². The molecule has 0 aromatic carbocycles. The smallest absolute Gasteiger partial charge is 0.191 e. The first-order valence-electron chi connectivity index (χ1n) is 4.68. The number of carbonyl (C=O) groups excluding carboxylic acids is 1. The number of nitrogens with zero attached hydrogens (tertiary/aromatic N) is 2. The average molecular weight is 348 g/mol. The Hall–Kier alpha value is -0.680. The third-order valence-corrected chi connectivity index (χ3v) is 2.84. The Labute approximate surface area is 113 Å². The second-order valence-corrected chi connectivity index (χ2v) is 4.10. The Morgan fingerprint density at radius 3 is 2.75 bits per heavy atom. The Balaban J connectivity index is 0.00000128. The van der Waals surface area contributed by atoms with Crippen LogP contribution in [0.15, 0.2) is 18.3 Å². The van der Waals surface area contributed by atoms with Gasteiger partial charge in [0.1, 0.15) is 11.3 Å². The molecule has 0 amide bonds. The first-order valence-corrected chi connectivity index (χ1v) is 5.80. The van der Waals surface area contributed by atoms with E-state index in [0.29, 0.717) is 11.0 Å². The number of halogens is 2. The minimum Gasteiger partial charge on any atom is -0.297 e. The van der Waals surface area contributed by atoms with Gasteiger partial charge in [-0.3, -0.25) is 9.20 Å². The van der Waals surface area contributed by atoms with Gasteiger partial charge >= 0.3 is 0 Å². The summed E-state index contributed by atoms with van der Waals surface area (Å²) in [6.45, 7) is 3.86. The molecule has 0 spiro atoms. The van der Waals surface area contributed by atoms with Crippen molar-refractivity contribution in [1.82, 2.24) is 9.38 Å². The highest BCUT2D eigenvalue weighted by Gasteiger charge is 2.14. The number of imidazole rings is 1. The van der Waals surface area contributed by atoms with Crippen molar-refractivity contribution < 1.29 is 4.79 Å². The maximum Gasteiger partial charge on any atom is 0.191 e. The van der Waals surface area contributed by atoms with Crippen LogP contribution in [0, 0.1) is 13.8 Å². The zero-order valence-electron chi connectivity index (χ0n) is 9.03. The molecule has 0 N–H and O–H groups in total. The molecule has 2 heterocycles. The zero-order valence-corrected chi connectivity index (χ0v) is 12.3. The van der Waals surface area contributed by atoms with Gasteiger partial charge in [0, 0.05) is 6.20 Å². The number of alkyl halides is 1. The van der Waals surface area contributed by atoms with Crippen LogP contribution in [0.1, 0.15) is 21.7 Å². The first kappa shape index (κ1) is 13.4. The summed E-state index contributed by atoms with van der Waals surface area (Å²) in [5, 5.41) is 0.329. The second-order valence-electron chi connectivity index (χ2n) is 3.54. The van der Waals surface area contributed by atoms with Gasteiger partial charge in [-0.15, -0.1) is 17.0 Å². The molecule has 0 bridgehead atoms. The number of ketones is 1. The number of pyridine rings is 1. The number of hydrogen-bond donors (Lipinski definition) is 0. The highest BCUT2D eigenvalue weighted by atomic mass is 79.9. The summed E-state index contributed by atoms with van der Waals surface area (Å²) < 4.78 is 1.86. The molecule has 2 aromatic rings. The third kappa shape index (κ3) is 2.20. The van der Waals surface area contributed by atoms with Crippen molar-refractivity contribution in [3.63, 3.8) is 0 Å². The van der Waals surface area contributed by atoms with Gasteiger partial charge < -0.3 is 0 Å². The van der Waals surface area contributed by atoms with Crippen LogP contribution in [0.5, 0.6) is 0 Å². The van der Waals surface area contributed by atoms with Crippen LogP contribution < -0.4 is 0 Å². The molecule has 86 valence electrons. The SMILES string of the molecule is Br.Cc1ccc2nc(C)c(C(=O)CBr)n2c1. The highest BCUT2D eigenvalue weighted by molar-refractivity contribution is 9.09. The molecule has 0 radical (unpaired) electrons. The number of rotatable bonds is 2. The van der Waals surface area contributed by atoms with E-state index in [2.05, 4.69) is 20.9 Å². The fraction of sp³-hybridized carbons (Fsp3) is 0.273. The van der Waals surface area contributed by atoms with Crippen LogP contribution in [0.4, 0.5) is 0 Å². The molecular weight excluding hydrogens is 336 g/mol. The molecule has 0 saturated heterocycles. The quantitative estimate of drug-likeness (QED) is 0.618. The lowest BCUT2D eigenvalue weighted by molar-refractivity contribution is 0.101. The number of aryl methyl sites for hydroxylation is 2. The van der Waals surface area contributed by atoms with Crippen molar-refractivity contribution >= 4 is 44.3 Å². The van der Waals surface area contributed by atoms with Crippen LogP contribution in [0.2, 0.25) is 0 Å². The van der Waals surface area contributed by atoms with E-state index in [1.807, 2.05) is 36.6 Å². The number of hydrogen-bond acceptors (Lipinski definition) is 2. The molecule has 0 aliphatic rings. The van der Waals surface area contributed by atoms with Crippen LogP contribution in [0.3, 0.4) is 0 Å². The Bertz CT molecular complexity index is 534. The zero-order chi connectivity index (χ0) is 11.0. The average Bonchev–Trinajstić information content (AvgIpc) is 2.52. The van der Waals surface area contributed by atoms with Gasteiger partial charge in [-0.25, -0.2) is 4.98 Å². The largest absolute Gasteiger partial charge is 0.297 e. The molecule has 5 heteroatoms. The van der Waals surface area contributed by atoms with Gasteiger partial charge in [-0.2, -0.15) is 0 Å². The summed E-state index contributed by atoms with van der Waals surface area (Å²) >= 11 is 3.18. The first-order chi connectivity index (χ1) is 7.13. The molecule has 3 nitrogen and oxygen atoms in total. The number of carbonyl (C=O) groups is 1. The van der Waals surface area contributed by atoms with E-state index in [-0.39, 0.29) is 22.8 Å². The Kier molecular flexibility index (Phi) is 4.27. The van der Waals surface area contributed by atoms with Gasteiger partial charge in [-0.05, 0) is 25.5 Å². The normalized spacial score (nSPS) is 10.2. The van der Waals surface area contributed by atoms with E-state index in [0.717, 1.165) is 16.9 Å². The van der Waals surface area contributed by atoms with E-state index in [1.165, 1.54) is 0 Å². The highest BCUT2D eigenvalue weighted by Crippen LogP contribution is 2.14. The van der Waals surface area contributed by atoms with Crippen LogP contribution in [-0.2, 0) is 0 Å². The van der Waals surface area contributed by atoms with Gasteiger partial charge in [0.25, 0.3) is 0 Å². The summed E-state index contributed by atoms with van der Waals surface area (Å²) in [4.78, 5) is 16.1. The number of Topliss-reactive ketones (excluding diaryl/α,β-unsaturated/α-hetero) is 1. The predicted molar refractivity (Wildman–Crippen MR) is 73.1 cm³/mol. The van der Waals surface area contributed by atoms with Crippen molar-refractivity contribution in [3.05, 3.63) is 35.3 Å². The van der Waals surface area contributed by atoms with Crippen molar-refractivity contribution in [2.75, 3.05) is 5.33 Å². The number of fused-ring (bicyclic) bond motifs is 1. The lowest BCUT2D eigenvalue weighted by atomic mass is 10.2. The fourth-order valence-corrected chi connectivity index (χ4v) is 1.93. The summed E-state index contributed by atoms with van der Waals surface area (Å²) in [6, 6.07) is 3.91. The van der Waals surface area contributed by atoms with E-state index in [9.17, 15) is 4.79 Å².